The molecule has 1 saturated carbocycles. The average Bonchev–Trinajstić information content (AvgIpc) is 3.23. The van der Waals surface area contributed by atoms with Gasteiger partial charge in [0.1, 0.15) is 11.6 Å². The summed E-state index contributed by atoms with van der Waals surface area (Å²) in [5, 5.41) is 0.186. The maximum atomic E-state index is 12.3. The van der Waals surface area contributed by atoms with Crippen molar-refractivity contribution in [2.45, 2.75) is 12.5 Å². The van der Waals surface area contributed by atoms with E-state index in [9.17, 15) is 4.79 Å². The molecule has 9 heteroatoms. The molecule has 2 aromatic heterocycles. The van der Waals surface area contributed by atoms with E-state index in [0.717, 1.165) is 5.69 Å². The van der Waals surface area contributed by atoms with Crippen molar-refractivity contribution < 1.29 is 19.0 Å². The van der Waals surface area contributed by atoms with Crippen molar-refractivity contribution in [2.75, 3.05) is 52.0 Å². The lowest BCUT2D eigenvalue weighted by Crippen LogP contribution is -2.37. The van der Waals surface area contributed by atoms with Crippen LogP contribution in [0.25, 0.3) is 11.0 Å². The van der Waals surface area contributed by atoms with Crippen LogP contribution in [0.3, 0.4) is 0 Å². The lowest BCUT2D eigenvalue weighted by atomic mass is 10.00. The number of anilines is 1. The fourth-order valence-electron chi connectivity index (χ4n) is 3.75. The Bertz CT molecular complexity index is 874. The van der Waals surface area contributed by atoms with E-state index in [0.29, 0.717) is 56.2 Å². The van der Waals surface area contributed by atoms with E-state index in [1.807, 2.05) is 12.1 Å². The molecule has 0 spiro atoms. The molecule has 3 heterocycles. The third-order valence-corrected chi connectivity index (χ3v) is 5.32. The normalized spacial score (nSPS) is 25.2. The summed E-state index contributed by atoms with van der Waals surface area (Å²) in [5.74, 6) is 0.746. The topological polar surface area (TPSA) is 86.7 Å². The second-order valence-electron chi connectivity index (χ2n) is 6.83. The molecule has 0 bridgehead atoms. The highest BCUT2D eigenvalue weighted by Crippen LogP contribution is 2.46. The Kier molecular flexibility index (Phi) is 4.98. The summed E-state index contributed by atoms with van der Waals surface area (Å²) in [5.41, 5.74) is 1.45. The zero-order valence-electron chi connectivity index (χ0n) is 15.3. The zero-order chi connectivity index (χ0) is 19.0. The van der Waals surface area contributed by atoms with Crippen LogP contribution in [-0.4, -0.2) is 74.0 Å². The summed E-state index contributed by atoms with van der Waals surface area (Å²) >= 11 is 6.11. The minimum absolute atomic E-state index is 0.0505. The van der Waals surface area contributed by atoms with Gasteiger partial charge in [0.05, 0.1) is 30.8 Å². The van der Waals surface area contributed by atoms with Gasteiger partial charge in [0.15, 0.2) is 11.6 Å². The standard InChI is InChI=1S/C18H21ClN4O4/c1-25-10-18(14(24)15(18)26-2)9-11-3-4-12-13(20-11)16(22-17(19)21-12)23-5-7-27-8-6-23/h3-4,15H,5-10H2,1-2H3. The van der Waals surface area contributed by atoms with Crippen molar-refractivity contribution >= 4 is 34.2 Å². The molecule has 2 unspecified atom stereocenters. The van der Waals surface area contributed by atoms with E-state index in [-0.39, 0.29) is 11.1 Å². The van der Waals surface area contributed by atoms with Crippen molar-refractivity contribution in [2.24, 2.45) is 5.41 Å². The number of hydrogen-bond acceptors (Lipinski definition) is 8. The van der Waals surface area contributed by atoms with Crippen molar-refractivity contribution in [3.63, 3.8) is 0 Å². The van der Waals surface area contributed by atoms with E-state index in [2.05, 4.69) is 14.9 Å². The Morgan fingerprint density at radius 2 is 2.04 bits per heavy atom. The fraction of sp³-hybridized carbons (Fsp3) is 0.556. The van der Waals surface area contributed by atoms with Gasteiger partial charge >= 0.3 is 0 Å². The van der Waals surface area contributed by atoms with Gasteiger partial charge in [0, 0.05) is 39.4 Å². The number of rotatable bonds is 6. The van der Waals surface area contributed by atoms with Crippen molar-refractivity contribution in [1.29, 1.82) is 0 Å². The molecule has 8 nitrogen and oxygen atoms in total. The number of ether oxygens (including phenoxy) is 3. The first kappa shape index (κ1) is 18.5. The quantitative estimate of drug-likeness (QED) is 0.680. The number of pyridine rings is 1. The van der Waals surface area contributed by atoms with Crippen LogP contribution in [0.4, 0.5) is 5.82 Å². The number of morpholine rings is 1. The van der Waals surface area contributed by atoms with Crippen LogP contribution in [0, 0.1) is 5.41 Å². The third kappa shape index (κ3) is 3.27. The van der Waals surface area contributed by atoms with Crippen LogP contribution in [0.5, 0.6) is 0 Å². The van der Waals surface area contributed by atoms with E-state index in [1.165, 1.54) is 0 Å². The Hall–Kier alpha value is -1.87. The number of methoxy groups -OCH3 is 2. The maximum Gasteiger partial charge on any atom is 0.225 e. The molecular formula is C18H21ClN4O4. The first-order valence-electron chi connectivity index (χ1n) is 8.81. The van der Waals surface area contributed by atoms with Gasteiger partial charge < -0.3 is 19.1 Å². The van der Waals surface area contributed by atoms with Crippen LogP contribution >= 0.6 is 11.6 Å². The van der Waals surface area contributed by atoms with Gasteiger partial charge in [-0.1, -0.05) is 0 Å². The smallest absolute Gasteiger partial charge is 0.225 e. The van der Waals surface area contributed by atoms with E-state index in [1.54, 1.807) is 14.2 Å². The molecule has 27 heavy (non-hydrogen) atoms. The number of carbonyl (C=O) groups excluding carboxylic acids is 1. The molecule has 2 fully saturated rings. The minimum Gasteiger partial charge on any atom is -0.384 e. The van der Waals surface area contributed by atoms with Gasteiger partial charge in [-0.3, -0.25) is 4.79 Å². The lowest BCUT2D eigenvalue weighted by molar-refractivity contribution is -0.115. The van der Waals surface area contributed by atoms with Gasteiger partial charge in [-0.2, -0.15) is 4.98 Å². The summed E-state index contributed by atoms with van der Waals surface area (Å²) in [6.45, 7) is 2.99. The highest BCUT2D eigenvalue weighted by Gasteiger charge is 2.65. The molecular weight excluding hydrogens is 372 g/mol. The molecule has 0 radical (unpaired) electrons. The Balaban J connectivity index is 1.71. The molecule has 2 atom stereocenters. The molecule has 2 aliphatic rings. The number of carbonyl (C=O) groups is 1. The summed E-state index contributed by atoms with van der Waals surface area (Å²) in [6.07, 6.45) is -0.00521. The van der Waals surface area contributed by atoms with E-state index in [4.69, 9.17) is 30.8 Å². The Morgan fingerprint density at radius 1 is 1.26 bits per heavy atom. The Labute approximate surface area is 161 Å². The second-order valence-corrected chi connectivity index (χ2v) is 7.17. The number of nitrogens with zero attached hydrogens (tertiary/aromatic N) is 4. The number of fused-ring (bicyclic) bond motifs is 1. The van der Waals surface area contributed by atoms with Gasteiger partial charge in [0.2, 0.25) is 5.28 Å². The van der Waals surface area contributed by atoms with Crippen LogP contribution in [0.1, 0.15) is 5.69 Å². The highest BCUT2D eigenvalue weighted by atomic mass is 35.5. The third-order valence-electron chi connectivity index (χ3n) is 5.15. The maximum absolute atomic E-state index is 12.3. The number of halogens is 1. The predicted molar refractivity (Wildman–Crippen MR) is 99.2 cm³/mol. The number of Topliss-reactive ketones (excluding diaryl/α,β-unsaturated/α-hetero) is 1. The van der Waals surface area contributed by atoms with Crippen LogP contribution in [0.15, 0.2) is 12.1 Å². The van der Waals surface area contributed by atoms with E-state index < -0.39 is 11.5 Å². The molecule has 2 aromatic rings. The van der Waals surface area contributed by atoms with Gasteiger partial charge in [-0.15, -0.1) is 0 Å². The van der Waals surface area contributed by atoms with E-state index >= 15 is 0 Å². The van der Waals surface area contributed by atoms with Gasteiger partial charge in [-0.05, 0) is 23.7 Å². The van der Waals surface area contributed by atoms with Crippen molar-refractivity contribution in [1.82, 2.24) is 15.0 Å². The van der Waals surface area contributed by atoms with Crippen LogP contribution in [-0.2, 0) is 25.4 Å². The van der Waals surface area contributed by atoms with Gasteiger partial charge in [0.25, 0.3) is 0 Å². The van der Waals surface area contributed by atoms with Crippen molar-refractivity contribution in [3.8, 4) is 0 Å². The number of ketones is 1. The minimum atomic E-state index is -0.670. The molecule has 1 aliphatic carbocycles. The summed E-state index contributed by atoms with van der Waals surface area (Å²) in [7, 11) is 3.13. The molecule has 0 N–H and O–H groups in total. The number of aromatic nitrogens is 3. The lowest BCUT2D eigenvalue weighted by Gasteiger charge is -2.28. The number of hydrogen-bond donors (Lipinski definition) is 0. The SMILES string of the molecule is COCC1(Cc2ccc3nc(Cl)nc(N4CCOCC4)c3n2)C(=O)C1OC. The van der Waals surface area contributed by atoms with Crippen LogP contribution in [0.2, 0.25) is 5.28 Å². The van der Waals surface area contributed by atoms with Crippen LogP contribution < -0.4 is 4.90 Å². The van der Waals surface area contributed by atoms with Gasteiger partial charge in [-0.25, -0.2) is 9.97 Å². The average molecular weight is 393 g/mol. The second kappa shape index (κ2) is 7.27. The summed E-state index contributed by atoms with van der Waals surface area (Å²) < 4.78 is 16.0. The fourth-order valence-corrected chi connectivity index (χ4v) is 3.92. The largest absolute Gasteiger partial charge is 0.384 e. The summed E-state index contributed by atoms with van der Waals surface area (Å²) in [4.78, 5) is 27.9. The molecule has 4 rings (SSSR count). The molecule has 0 amide bonds. The molecule has 0 aromatic carbocycles. The first-order chi connectivity index (χ1) is 13.1. The Morgan fingerprint density at radius 3 is 2.70 bits per heavy atom. The van der Waals surface area contributed by atoms with Crippen molar-refractivity contribution in [3.05, 3.63) is 23.1 Å². The monoisotopic (exact) mass is 392 g/mol. The highest BCUT2D eigenvalue weighted by molar-refractivity contribution is 6.28. The molecule has 144 valence electrons. The zero-order valence-corrected chi connectivity index (χ0v) is 16.0. The predicted octanol–water partition coefficient (Wildman–Crippen LogP) is 1.29. The first-order valence-corrected chi connectivity index (χ1v) is 9.19. The molecule has 1 aliphatic heterocycles. The molecule has 1 saturated heterocycles. The summed E-state index contributed by atoms with van der Waals surface area (Å²) in [6, 6.07) is 3.73.